The van der Waals surface area contributed by atoms with Crippen LogP contribution in [0.2, 0.25) is 0 Å². The number of piperazine rings is 1. The number of nitrogens with zero attached hydrogens (tertiary/aromatic N) is 2. The summed E-state index contributed by atoms with van der Waals surface area (Å²) in [6, 6.07) is 1.81. The van der Waals surface area contributed by atoms with Gasteiger partial charge in [-0.3, -0.25) is 0 Å². The molecule has 0 amide bonds. The van der Waals surface area contributed by atoms with E-state index in [-0.39, 0.29) is 0 Å². The second-order valence-corrected chi connectivity index (χ2v) is 2.94. The number of hydrogen-bond acceptors (Lipinski definition) is 5. The topological polar surface area (TPSA) is 50.5 Å². The Labute approximate surface area is 76.6 Å². The summed E-state index contributed by atoms with van der Waals surface area (Å²) in [5, 5.41) is 7.02. The van der Waals surface area contributed by atoms with E-state index in [1.807, 2.05) is 6.07 Å². The summed E-state index contributed by atoms with van der Waals surface area (Å²) >= 11 is 0. The van der Waals surface area contributed by atoms with Gasteiger partial charge in [0, 0.05) is 26.2 Å². The molecule has 2 heterocycles. The van der Waals surface area contributed by atoms with Crippen LogP contribution in [-0.2, 0) is 0 Å². The summed E-state index contributed by atoms with van der Waals surface area (Å²) in [4.78, 5) is 2.14. The summed E-state index contributed by atoms with van der Waals surface area (Å²) in [5.74, 6) is 1.33. The number of hydrogen-bond donors (Lipinski definition) is 1. The summed E-state index contributed by atoms with van der Waals surface area (Å²) in [6.07, 6.45) is 0. The molecule has 0 radical (unpaired) electrons. The first-order valence-electron chi connectivity index (χ1n) is 4.36. The molecule has 0 unspecified atom stereocenters. The van der Waals surface area contributed by atoms with Gasteiger partial charge in [-0.25, -0.2) is 0 Å². The molecule has 1 fully saturated rings. The molecule has 72 valence electrons. The minimum absolute atomic E-state index is 0.536. The molecular formula is C8H13N3O2. The molecule has 13 heavy (non-hydrogen) atoms. The Kier molecular flexibility index (Phi) is 2.35. The van der Waals surface area contributed by atoms with Gasteiger partial charge in [-0.2, -0.15) is 0 Å². The zero-order valence-corrected chi connectivity index (χ0v) is 7.62. The summed E-state index contributed by atoms with van der Waals surface area (Å²) in [7, 11) is 1.58. The van der Waals surface area contributed by atoms with Crippen LogP contribution in [0.5, 0.6) is 5.88 Å². The lowest BCUT2D eigenvalue weighted by atomic mass is 10.4. The number of aromatic nitrogens is 1. The van der Waals surface area contributed by atoms with Crippen molar-refractivity contribution in [3.8, 4) is 5.88 Å². The quantitative estimate of drug-likeness (QED) is 0.704. The molecule has 1 aromatic heterocycles. The van der Waals surface area contributed by atoms with Gasteiger partial charge in [0.2, 0.25) is 5.88 Å². The van der Waals surface area contributed by atoms with E-state index in [4.69, 9.17) is 9.26 Å². The van der Waals surface area contributed by atoms with Crippen LogP contribution in [0, 0.1) is 0 Å². The van der Waals surface area contributed by atoms with Crippen molar-refractivity contribution in [3.63, 3.8) is 0 Å². The van der Waals surface area contributed by atoms with Gasteiger partial charge in [-0.15, -0.1) is 0 Å². The van der Waals surface area contributed by atoms with Crippen LogP contribution in [0.25, 0.3) is 0 Å². The minimum Gasteiger partial charge on any atom is -0.479 e. The Balaban J connectivity index is 2.05. The summed E-state index contributed by atoms with van der Waals surface area (Å²) < 4.78 is 10.1. The van der Waals surface area contributed by atoms with Crippen molar-refractivity contribution in [2.24, 2.45) is 0 Å². The second kappa shape index (κ2) is 3.66. The van der Waals surface area contributed by atoms with Gasteiger partial charge in [-0.1, -0.05) is 0 Å². The highest BCUT2D eigenvalue weighted by atomic mass is 16.5. The number of ether oxygens (including phenoxy) is 1. The SMILES string of the molecule is COc1cc(N2CCNCC2)on1. The zero-order valence-electron chi connectivity index (χ0n) is 7.62. The Morgan fingerprint density at radius 1 is 1.54 bits per heavy atom. The zero-order chi connectivity index (χ0) is 9.10. The molecule has 0 bridgehead atoms. The standard InChI is InChI=1S/C8H13N3O2/c1-12-7-6-8(13-10-7)11-4-2-9-3-5-11/h6,9H,2-5H2,1H3. The second-order valence-electron chi connectivity index (χ2n) is 2.94. The molecule has 0 spiro atoms. The lowest BCUT2D eigenvalue weighted by Gasteiger charge is -2.25. The Morgan fingerprint density at radius 3 is 2.92 bits per heavy atom. The van der Waals surface area contributed by atoms with Crippen LogP contribution in [-0.4, -0.2) is 38.4 Å². The van der Waals surface area contributed by atoms with E-state index in [0.717, 1.165) is 32.1 Å². The van der Waals surface area contributed by atoms with Crippen LogP contribution < -0.4 is 15.0 Å². The number of nitrogens with one attached hydrogen (secondary N) is 1. The number of methoxy groups -OCH3 is 1. The van der Waals surface area contributed by atoms with Crippen molar-refractivity contribution >= 4 is 5.88 Å². The number of anilines is 1. The average molecular weight is 183 g/mol. The van der Waals surface area contributed by atoms with E-state index in [1.54, 1.807) is 7.11 Å². The predicted molar refractivity (Wildman–Crippen MR) is 48.1 cm³/mol. The van der Waals surface area contributed by atoms with E-state index >= 15 is 0 Å². The van der Waals surface area contributed by atoms with Gasteiger partial charge in [0.1, 0.15) is 0 Å². The van der Waals surface area contributed by atoms with E-state index in [1.165, 1.54) is 0 Å². The highest BCUT2D eigenvalue weighted by molar-refractivity contribution is 5.38. The van der Waals surface area contributed by atoms with E-state index in [0.29, 0.717) is 5.88 Å². The van der Waals surface area contributed by atoms with Gasteiger partial charge >= 0.3 is 0 Å². The molecule has 5 heteroatoms. The first-order chi connectivity index (χ1) is 6.40. The molecule has 0 aromatic carbocycles. The molecule has 1 aromatic rings. The predicted octanol–water partition coefficient (Wildman–Crippen LogP) is 0.0928. The fourth-order valence-electron chi connectivity index (χ4n) is 1.38. The molecule has 1 aliphatic heterocycles. The van der Waals surface area contributed by atoms with Crippen molar-refractivity contribution < 1.29 is 9.26 Å². The third-order valence-electron chi connectivity index (χ3n) is 2.11. The van der Waals surface area contributed by atoms with Gasteiger partial charge in [0.05, 0.1) is 13.2 Å². The maximum Gasteiger partial charge on any atom is 0.256 e. The third kappa shape index (κ3) is 1.75. The van der Waals surface area contributed by atoms with Crippen LogP contribution in [0.4, 0.5) is 5.88 Å². The molecule has 5 nitrogen and oxygen atoms in total. The molecule has 1 saturated heterocycles. The van der Waals surface area contributed by atoms with Crippen LogP contribution in [0.15, 0.2) is 10.6 Å². The number of rotatable bonds is 2. The fourth-order valence-corrected chi connectivity index (χ4v) is 1.38. The highest BCUT2D eigenvalue weighted by Gasteiger charge is 2.15. The molecular weight excluding hydrogens is 170 g/mol. The van der Waals surface area contributed by atoms with Crippen molar-refractivity contribution in [3.05, 3.63) is 6.07 Å². The van der Waals surface area contributed by atoms with Crippen LogP contribution in [0.3, 0.4) is 0 Å². The fraction of sp³-hybridized carbons (Fsp3) is 0.625. The van der Waals surface area contributed by atoms with E-state index < -0.39 is 0 Å². The first-order valence-corrected chi connectivity index (χ1v) is 4.36. The Bertz CT molecular complexity index is 268. The molecule has 0 aliphatic carbocycles. The van der Waals surface area contributed by atoms with Crippen LogP contribution in [0.1, 0.15) is 0 Å². The summed E-state index contributed by atoms with van der Waals surface area (Å²) in [6.45, 7) is 3.89. The monoisotopic (exact) mass is 183 g/mol. The van der Waals surface area contributed by atoms with Gasteiger partial charge in [0.25, 0.3) is 5.88 Å². The van der Waals surface area contributed by atoms with Gasteiger partial charge in [0.15, 0.2) is 0 Å². The van der Waals surface area contributed by atoms with Crippen molar-refractivity contribution in [1.29, 1.82) is 0 Å². The van der Waals surface area contributed by atoms with Crippen molar-refractivity contribution in [1.82, 2.24) is 10.5 Å². The lowest BCUT2D eigenvalue weighted by molar-refractivity contribution is 0.337. The van der Waals surface area contributed by atoms with Crippen molar-refractivity contribution in [2.45, 2.75) is 0 Å². The summed E-state index contributed by atoms with van der Waals surface area (Å²) in [5.41, 5.74) is 0. The van der Waals surface area contributed by atoms with Crippen LogP contribution >= 0.6 is 0 Å². The van der Waals surface area contributed by atoms with Gasteiger partial charge in [-0.05, 0) is 5.16 Å². The molecule has 2 rings (SSSR count). The molecule has 0 atom stereocenters. The Morgan fingerprint density at radius 2 is 2.31 bits per heavy atom. The lowest BCUT2D eigenvalue weighted by Crippen LogP contribution is -2.43. The average Bonchev–Trinajstić information content (AvgIpc) is 2.67. The third-order valence-corrected chi connectivity index (χ3v) is 2.11. The Hall–Kier alpha value is -1.23. The maximum absolute atomic E-state index is 5.12. The largest absolute Gasteiger partial charge is 0.479 e. The van der Waals surface area contributed by atoms with Crippen molar-refractivity contribution in [2.75, 3.05) is 38.2 Å². The minimum atomic E-state index is 0.536. The molecule has 0 saturated carbocycles. The maximum atomic E-state index is 5.12. The highest BCUT2D eigenvalue weighted by Crippen LogP contribution is 2.20. The normalized spacial score (nSPS) is 17.5. The molecule has 1 N–H and O–H groups in total. The van der Waals surface area contributed by atoms with E-state index in [2.05, 4.69) is 15.4 Å². The van der Waals surface area contributed by atoms with E-state index in [9.17, 15) is 0 Å². The smallest absolute Gasteiger partial charge is 0.256 e. The van der Waals surface area contributed by atoms with Gasteiger partial charge < -0.3 is 19.5 Å². The molecule has 1 aliphatic rings. The first kappa shape index (κ1) is 8.37.